The Kier molecular flexibility index (Phi) is 2.98. The first-order valence-electron chi connectivity index (χ1n) is 5.72. The molecule has 1 fully saturated rings. The lowest BCUT2D eigenvalue weighted by molar-refractivity contribution is 0.0934. The second kappa shape index (κ2) is 4.13. The summed E-state index contributed by atoms with van der Waals surface area (Å²) in [5, 5.41) is 0. The molecule has 1 aliphatic rings. The summed E-state index contributed by atoms with van der Waals surface area (Å²) in [4.78, 5) is 0. The van der Waals surface area contributed by atoms with Crippen LogP contribution in [0.4, 0.5) is 8.78 Å². The third-order valence-electron chi connectivity index (χ3n) is 3.43. The highest BCUT2D eigenvalue weighted by atomic mass is 19.1. The Balaban J connectivity index is 2.32. The van der Waals surface area contributed by atoms with Gasteiger partial charge in [0.1, 0.15) is 11.5 Å². The van der Waals surface area contributed by atoms with Crippen LogP contribution < -0.4 is 5.73 Å². The van der Waals surface area contributed by atoms with E-state index >= 15 is 0 Å². The molecule has 0 bridgehead atoms. The van der Waals surface area contributed by atoms with Gasteiger partial charge in [0.05, 0.1) is 0 Å². The molecule has 0 atom stereocenters. The van der Waals surface area contributed by atoms with Gasteiger partial charge in [-0.3, -0.25) is 0 Å². The molecule has 0 spiro atoms. The van der Waals surface area contributed by atoms with Crippen LogP contribution in [0.15, 0.2) is 18.2 Å². The molecule has 1 nitrogen and oxygen atoms in total. The monoisotopic (exact) mass is 225 g/mol. The van der Waals surface area contributed by atoms with Crippen LogP contribution in [0, 0.1) is 12.7 Å². The second-order valence-corrected chi connectivity index (χ2v) is 4.79. The summed E-state index contributed by atoms with van der Waals surface area (Å²) in [7, 11) is 0. The van der Waals surface area contributed by atoms with Crippen molar-refractivity contribution < 1.29 is 8.78 Å². The smallest absolute Gasteiger partial charge is 0.138 e. The van der Waals surface area contributed by atoms with Gasteiger partial charge in [-0.2, -0.15) is 0 Å². The molecule has 16 heavy (non-hydrogen) atoms. The maximum atomic E-state index is 14.6. The van der Waals surface area contributed by atoms with Crippen molar-refractivity contribution in [1.29, 1.82) is 0 Å². The Bertz CT molecular complexity index is 382. The zero-order chi connectivity index (χ0) is 11.8. The van der Waals surface area contributed by atoms with Crippen LogP contribution in [0.3, 0.4) is 0 Å². The summed E-state index contributed by atoms with van der Waals surface area (Å²) in [6, 6.07) is 4.69. The summed E-state index contributed by atoms with van der Waals surface area (Å²) in [6.45, 7) is 1.85. The maximum absolute atomic E-state index is 14.6. The van der Waals surface area contributed by atoms with Gasteiger partial charge in [-0.25, -0.2) is 8.78 Å². The normalized spacial score (nSPS) is 30.4. The number of hydrogen-bond donors (Lipinski definition) is 1. The van der Waals surface area contributed by atoms with E-state index in [9.17, 15) is 8.78 Å². The van der Waals surface area contributed by atoms with Crippen LogP contribution in [-0.2, 0) is 5.67 Å². The fraction of sp³-hybridized carbons (Fsp3) is 0.538. The van der Waals surface area contributed by atoms with Crippen molar-refractivity contribution in [2.45, 2.75) is 44.3 Å². The van der Waals surface area contributed by atoms with E-state index in [1.807, 2.05) is 6.92 Å². The molecule has 1 aliphatic carbocycles. The lowest BCUT2D eigenvalue weighted by Crippen LogP contribution is -2.34. The van der Waals surface area contributed by atoms with E-state index in [-0.39, 0.29) is 11.6 Å². The number of alkyl halides is 1. The minimum atomic E-state index is -1.52. The van der Waals surface area contributed by atoms with Crippen LogP contribution in [-0.4, -0.2) is 6.04 Å². The van der Waals surface area contributed by atoms with E-state index in [1.54, 1.807) is 12.1 Å². The lowest BCUT2D eigenvalue weighted by atomic mass is 9.79. The molecule has 0 aromatic heterocycles. The fourth-order valence-corrected chi connectivity index (χ4v) is 2.35. The van der Waals surface area contributed by atoms with E-state index < -0.39 is 11.5 Å². The van der Waals surface area contributed by atoms with Gasteiger partial charge >= 0.3 is 0 Å². The molecule has 1 aromatic carbocycles. The molecule has 0 radical (unpaired) electrons. The van der Waals surface area contributed by atoms with Crippen molar-refractivity contribution >= 4 is 0 Å². The van der Waals surface area contributed by atoms with Gasteiger partial charge in [-0.1, -0.05) is 11.6 Å². The zero-order valence-corrected chi connectivity index (χ0v) is 9.47. The van der Waals surface area contributed by atoms with Crippen LogP contribution in [0.5, 0.6) is 0 Å². The predicted molar refractivity (Wildman–Crippen MR) is 60.4 cm³/mol. The van der Waals surface area contributed by atoms with Crippen molar-refractivity contribution in [2.24, 2.45) is 5.73 Å². The molecule has 0 unspecified atom stereocenters. The minimum Gasteiger partial charge on any atom is -0.328 e. The van der Waals surface area contributed by atoms with Crippen LogP contribution >= 0.6 is 0 Å². The molecule has 0 amide bonds. The summed E-state index contributed by atoms with van der Waals surface area (Å²) in [6.07, 6.45) is 1.91. The first-order chi connectivity index (χ1) is 7.51. The SMILES string of the molecule is Cc1ccc(F)c(C2(F)CCC(N)CC2)c1. The molecular weight excluding hydrogens is 208 g/mol. The molecule has 0 saturated heterocycles. The third-order valence-corrected chi connectivity index (χ3v) is 3.43. The van der Waals surface area contributed by atoms with E-state index in [0.717, 1.165) is 5.56 Å². The minimum absolute atomic E-state index is 0.0664. The number of halogens is 2. The highest BCUT2D eigenvalue weighted by Gasteiger charge is 2.38. The van der Waals surface area contributed by atoms with Crippen molar-refractivity contribution in [3.05, 3.63) is 35.1 Å². The molecule has 0 heterocycles. The van der Waals surface area contributed by atoms with Crippen molar-refractivity contribution in [1.82, 2.24) is 0 Å². The van der Waals surface area contributed by atoms with Gasteiger partial charge in [0.25, 0.3) is 0 Å². The quantitative estimate of drug-likeness (QED) is 0.780. The number of aryl methyl sites for hydroxylation is 1. The van der Waals surface area contributed by atoms with Gasteiger partial charge in [0, 0.05) is 11.6 Å². The van der Waals surface area contributed by atoms with Gasteiger partial charge in [-0.05, 0) is 44.7 Å². The topological polar surface area (TPSA) is 26.0 Å². The Morgan fingerprint density at radius 3 is 2.56 bits per heavy atom. The Morgan fingerprint density at radius 1 is 1.31 bits per heavy atom. The maximum Gasteiger partial charge on any atom is 0.138 e. The van der Waals surface area contributed by atoms with Crippen molar-refractivity contribution in [3.63, 3.8) is 0 Å². The molecule has 88 valence electrons. The molecule has 1 saturated carbocycles. The van der Waals surface area contributed by atoms with Crippen molar-refractivity contribution in [3.8, 4) is 0 Å². The standard InChI is InChI=1S/C13H17F2N/c1-9-2-3-12(14)11(8-9)13(15)6-4-10(16)5-7-13/h2-3,8,10H,4-7,16H2,1H3. The largest absolute Gasteiger partial charge is 0.328 e. The Hall–Kier alpha value is -0.960. The van der Waals surface area contributed by atoms with Crippen LogP contribution in [0.25, 0.3) is 0 Å². The highest BCUT2D eigenvalue weighted by molar-refractivity contribution is 5.29. The summed E-state index contributed by atoms with van der Waals surface area (Å²) in [5.74, 6) is -0.441. The fourth-order valence-electron chi connectivity index (χ4n) is 2.35. The first-order valence-corrected chi connectivity index (χ1v) is 5.72. The van der Waals surface area contributed by atoms with E-state index in [1.165, 1.54) is 6.07 Å². The second-order valence-electron chi connectivity index (χ2n) is 4.79. The van der Waals surface area contributed by atoms with E-state index in [4.69, 9.17) is 5.73 Å². The average molecular weight is 225 g/mol. The van der Waals surface area contributed by atoms with E-state index in [2.05, 4.69) is 0 Å². The summed E-state index contributed by atoms with van der Waals surface area (Å²) in [5.41, 5.74) is 5.32. The summed E-state index contributed by atoms with van der Waals surface area (Å²) >= 11 is 0. The number of rotatable bonds is 1. The number of hydrogen-bond acceptors (Lipinski definition) is 1. The van der Waals surface area contributed by atoms with Crippen LogP contribution in [0.2, 0.25) is 0 Å². The average Bonchev–Trinajstić information content (AvgIpc) is 2.26. The predicted octanol–water partition coefficient (Wildman–Crippen LogP) is 3.20. The molecule has 3 heteroatoms. The number of benzene rings is 1. The number of nitrogens with two attached hydrogens (primary N) is 1. The Labute approximate surface area is 94.7 Å². The van der Waals surface area contributed by atoms with Gasteiger partial charge in [0.2, 0.25) is 0 Å². The first kappa shape index (κ1) is 11.5. The van der Waals surface area contributed by atoms with E-state index in [0.29, 0.717) is 25.7 Å². The molecular formula is C13H17F2N. The highest BCUT2D eigenvalue weighted by Crippen LogP contribution is 2.41. The molecule has 0 aliphatic heterocycles. The van der Waals surface area contributed by atoms with Gasteiger partial charge < -0.3 is 5.73 Å². The summed E-state index contributed by atoms with van der Waals surface area (Å²) < 4.78 is 28.2. The van der Waals surface area contributed by atoms with Crippen molar-refractivity contribution in [2.75, 3.05) is 0 Å². The van der Waals surface area contributed by atoms with Gasteiger partial charge in [0.15, 0.2) is 0 Å². The molecule has 2 N–H and O–H groups in total. The third kappa shape index (κ3) is 2.09. The molecule has 2 rings (SSSR count). The Morgan fingerprint density at radius 2 is 1.94 bits per heavy atom. The van der Waals surface area contributed by atoms with Crippen LogP contribution in [0.1, 0.15) is 36.8 Å². The van der Waals surface area contributed by atoms with Gasteiger partial charge in [-0.15, -0.1) is 0 Å². The lowest BCUT2D eigenvalue weighted by Gasteiger charge is -2.33. The molecule has 1 aromatic rings. The zero-order valence-electron chi connectivity index (χ0n) is 9.47.